The molecular weight excluding hydrogens is 548 g/mol. The third-order valence-electron chi connectivity index (χ3n) is 9.63. The molecule has 2 aliphatic rings. The molecule has 2 N–H and O–H groups in total. The number of carboxylic acid groups (broad SMARTS) is 1. The number of aliphatic carboxylic acids is 1. The van der Waals surface area contributed by atoms with E-state index in [1.54, 1.807) is 6.08 Å². The maximum Gasteiger partial charge on any atom is 0.309 e. The van der Waals surface area contributed by atoms with Gasteiger partial charge in [0.2, 0.25) is 11.5 Å². The molecule has 0 saturated carbocycles. The van der Waals surface area contributed by atoms with Crippen LogP contribution in [0.2, 0.25) is 0 Å². The molecule has 6 heteroatoms. The van der Waals surface area contributed by atoms with Crippen molar-refractivity contribution in [1.29, 1.82) is 0 Å². The van der Waals surface area contributed by atoms with E-state index in [-0.39, 0.29) is 30.1 Å². The summed E-state index contributed by atoms with van der Waals surface area (Å²) >= 11 is 0. The van der Waals surface area contributed by atoms with E-state index < -0.39 is 11.4 Å². The fourth-order valence-corrected chi connectivity index (χ4v) is 7.10. The van der Waals surface area contributed by atoms with Gasteiger partial charge in [-0.15, -0.1) is 0 Å². The molecule has 4 aromatic rings. The Morgan fingerprint density at radius 1 is 1.02 bits per heavy atom. The lowest BCUT2D eigenvalue weighted by Gasteiger charge is -2.21. The van der Waals surface area contributed by atoms with Crippen LogP contribution in [0.4, 0.5) is 5.69 Å². The number of aliphatic hydroxyl groups excluding tert-OH is 1. The summed E-state index contributed by atoms with van der Waals surface area (Å²) in [6, 6.07) is 20.6. The number of hydrogen-bond acceptors (Lipinski definition) is 3. The lowest BCUT2D eigenvalue weighted by molar-refractivity contribution is -0.436. The molecule has 6 nitrogen and oxygen atoms in total. The zero-order valence-corrected chi connectivity index (χ0v) is 26.1. The zero-order chi connectivity index (χ0) is 31.2. The van der Waals surface area contributed by atoms with Gasteiger partial charge in [0, 0.05) is 45.9 Å². The Morgan fingerprint density at radius 3 is 2.48 bits per heavy atom. The SMILES string of the molecule is CCCCC(CC)Cn1/c(=C\C2=C(O)C(=C\C3=[N+](CCC(=O)O)c4ccccc4C3(C)C)/C2=O)c2cccc3cccc1c32. The summed E-state index contributed by atoms with van der Waals surface area (Å²) in [4.78, 5) is 25.3. The van der Waals surface area contributed by atoms with E-state index in [1.165, 1.54) is 11.8 Å². The number of carbonyl (C=O) groups excluding carboxylic acids is 1. The smallest absolute Gasteiger partial charge is 0.309 e. The van der Waals surface area contributed by atoms with Gasteiger partial charge in [-0.3, -0.25) is 9.59 Å². The van der Waals surface area contributed by atoms with Crippen molar-refractivity contribution in [1.82, 2.24) is 4.57 Å². The minimum absolute atomic E-state index is 0.0129. The molecule has 0 amide bonds. The maximum absolute atomic E-state index is 13.8. The van der Waals surface area contributed by atoms with Gasteiger partial charge >= 0.3 is 5.97 Å². The van der Waals surface area contributed by atoms with Crippen molar-refractivity contribution in [3.05, 3.63) is 94.6 Å². The van der Waals surface area contributed by atoms with Crippen LogP contribution in [-0.4, -0.2) is 43.4 Å². The number of nitrogens with zero attached hydrogens (tertiary/aromatic N) is 2. The monoisotopic (exact) mass is 589 g/mol. The first-order valence-corrected chi connectivity index (χ1v) is 15.8. The number of unbranched alkanes of at least 4 members (excludes halogenated alkanes) is 1. The number of hydrogen-bond donors (Lipinski definition) is 2. The van der Waals surface area contributed by atoms with Crippen LogP contribution in [-0.2, 0) is 21.5 Å². The Kier molecular flexibility index (Phi) is 7.79. The van der Waals surface area contributed by atoms with Gasteiger partial charge in [-0.25, -0.2) is 0 Å². The largest absolute Gasteiger partial charge is 0.506 e. The van der Waals surface area contributed by atoms with Crippen molar-refractivity contribution in [2.75, 3.05) is 6.54 Å². The summed E-state index contributed by atoms with van der Waals surface area (Å²) in [6.45, 7) is 9.74. The van der Waals surface area contributed by atoms with Gasteiger partial charge < -0.3 is 14.8 Å². The van der Waals surface area contributed by atoms with E-state index in [2.05, 4.69) is 68.7 Å². The maximum atomic E-state index is 13.8. The van der Waals surface area contributed by atoms with Crippen LogP contribution < -0.4 is 5.35 Å². The molecule has 1 unspecified atom stereocenters. The van der Waals surface area contributed by atoms with E-state index >= 15 is 0 Å². The molecule has 0 saturated heterocycles. The van der Waals surface area contributed by atoms with E-state index in [1.807, 2.05) is 34.9 Å². The molecule has 0 radical (unpaired) electrons. The van der Waals surface area contributed by atoms with Crippen molar-refractivity contribution < 1.29 is 24.4 Å². The van der Waals surface area contributed by atoms with Gasteiger partial charge in [-0.1, -0.05) is 81.6 Å². The predicted molar refractivity (Wildman–Crippen MR) is 177 cm³/mol. The number of ketones is 1. The molecular formula is C38H41N2O4+. The predicted octanol–water partition coefficient (Wildman–Crippen LogP) is 7.38. The van der Waals surface area contributed by atoms with Crippen LogP contribution in [0.1, 0.15) is 65.4 Å². The highest BCUT2D eigenvalue weighted by atomic mass is 16.4. The van der Waals surface area contributed by atoms with Gasteiger partial charge in [-0.2, -0.15) is 4.58 Å². The van der Waals surface area contributed by atoms with Crippen LogP contribution >= 0.6 is 0 Å². The molecule has 1 aliphatic heterocycles. The Hall–Kier alpha value is -4.45. The van der Waals surface area contributed by atoms with Crippen molar-refractivity contribution >= 4 is 50.9 Å². The molecule has 1 atom stereocenters. The fourth-order valence-electron chi connectivity index (χ4n) is 7.10. The second kappa shape index (κ2) is 11.6. The Balaban J connectivity index is 1.48. The minimum atomic E-state index is -0.882. The molecule has 3 aromatic carbocycles. The van der Waals surface area contributed by atoms with Crippen LogP contribution in [0.25, 0.3) is 27.8 Å². The second-order valence-corrected chi connectivity index (χ2v) is 12.7. The molecule has 44 heavy (non-hydrogen) atoms. The number of aliphatic hydroxyl groups is 1. The Bertz CT molecular complexity index is 1950. The van der Waals surface area contributed by atoms with Crippen molar-refractivity contribution in [3.8, 4) is 0 Å². The lowest BCUT2D eigenvalue weighted by Crippen LogP contribution is -2.32. The molecule has 226 valence electrons. The minimum Gasteiger partial charge on any atom is -0.506 e. The van der Waals surface area contributed by atoms with Crippen LogP contribution in [0.15, 0.2) is 83.6 Å². The first-order valence-electron chi connectivity index (χ1n) is 15.8. The van der Waals surface area contributed by atoms with Gasteiger partial charge in [0.15, 0.2) is 12.3 Å². The van der Waals surface area contributed by atoms with Crippen LogP contribution in [0.5, 0.6) is 0 Å². The van der Waals surface area contributed by atoms with E-state index in [9.17, 15) is 19.8 Å². The van der Waals surface area contributed by atoms with Gasteiger partial charge in [0.05, 0.1) is 16.6 Å². The number of rotatable bonds is 11. The first-order chi connectivity index (χ1) is 21.2. The highest BCUT2D eigenvalue weighted by Gasteiger charge is 2.46. The number of Topliss-reactive ketones (excluding diaryl/α,β-unsaturated/α-hetero) is 1. The molecule has 0 fully saturated rings. The summed E-state index contributed by atoms with van der Waals surface area (Å²) in [5, 5.41) is 25.2. The normalized spacial score (nSPS) is 18.1. The molecule has 1 aromatic heterocycles. The van der Waals surface area contributed by atoms with E-state index in [4.69, 9.17) is 0 Å². The fraction of sp³-hybridized carbons (Fsp3) is 0.342. The third kappa shape index (κ3) is 4.86. The van der Waals surface area contributed by atoms with E-state index in [0.717, 1.165) is 64.4 Å². The molecule has 6 rings (SSSR count). The average molecular weight is 590 g/mol. The number of allylic oxidation sites excluding steroid dienone is 3. The Morgan fingerprint density at radius 2 is 1.77 bits per heavy atom. The van der Waals surface area contributed by atoms with Gasteiger partial charge in [0.25, 0.3) is 0 Å². The number of carboxylic acids is 1. The van der Waals surface area contributed by atoms with Gasteiger partial charge in [-0.05, 0) is 43.7 Å². The van der Waals surface area contributed by atoms with Crippen molar-refractivity contribution in [2.24, 2.45) is 5.92 Å². The number of benzene rings is 3. The summed E-state index contributed by atoms with van der Waals surface area (Å²) in [7, 11) is 0. The first kappa shape index (κ1) is 29.6. The number of carbonyl (C=O) groups is 2. The topological polar surface area (TPSA) is 82.5 Å². The number of para-hydroxylation sites is 1. The lowest BCUT2D eigenvalue weighted by atomic mass is 9.78. The van der Waals surface area contributed by atoms with Gasteiger partial charge in [0.1, 0.15) is 12.2 Å². The average Bonchev–Trinajstić information content (AvgIpc) is 3.43. The van der Waals surface area contributed by atoms with E-state index in [0.29, 0.717) is 11.5 Å². The van der Waals surface area contributed by atoms with Crippen LogP contribution in [0, 0.1) is 5.92 Å². The molecule has 2 heterocycles. The van der Waals surface area contributed by atoms with Crippen molar-refractivity contribution in [2.45, 2.75) is 71.8 Å². The number of aromatic nitrogens is 1. The molecule has 1 aliphatic carbocycles. The second-order valence-electron chi connectivity index (χ2n) is 12.7. The Labute approximate surface area is 258 Å². The van der Waals surface area contributed by atoms with Crippen molar-refractivity contribution in [3.63, 3.8) is 0 Å². The summed E-state index contributed by atoms with van der Waals surface area (Å²) in [5.41, 5.74) is 4.07. The number of fused-ring (bicyclic) bond motifs is 1. The van der Waals surface area contributed by atoms with Crippen LogP contribution in [0.3, 0.4) is 0 Å². The molecule has 0 bridgehead atoms. The highest BCUT2D eigenvalue weighted by Crippen LogP contribution is 2.41. The zero-order valence-electron chi connectivity index (χ0n) is 26.1. The molecule has 0 spiro atoms. The summed E-state index contributed by atoms with van der Waals surface area (Å²) in [6.07, 6.45) is 8.17. The summed E-state index contributed by atoms with van der Waals surface area (Å²) in [5.74, 6) is -0.584. The summed E-state index contributed by atoms with van der Waals surface area (Å²) < 4.78 is 4.32. The highest BCUT2D eigenvalue weighted by molar-refractivity contribution is 6.27. The quantitative estimate of drug-likeness (QED) is 0.141. The standard InChI is InChI=1S/C38H40N2O4/c1-5-7-12-24(6-2)23-40-31-18-11-14-25-13-10-15-26(35(25)31)32(40)21-27-36(43)28(37(27)44)22-33-38(3,4)29-16-8-9-17-30(29)39(33)20-19-34(41)42/h8-11,13-18,21-22,24H,5-7,12,19-20,23H2,1-4H3,(H-,41,42,43,44)/p+1. The third-order valence-corrected chi connectivity index (χ3v) is 9.63.